The Balaban J connectivity index is 1.82. The quantitative estimate of drug-likeness (QED) is 0.379. The highest BCUT2D eigenvalue weighted by Gasteiger charge is 2.23. The number of hydrogen-bond acceptors (Lipinski definition) is 5. The van der Waals surface area contributed by atoms with Crippen LogP contribution in [0.5, 0.6) is 0 Å². The van der Waals surface area contributed by atoms with Gasteiger partial charge in [0.05, 0.1) is 29.4 Å². The summed E-state index contributed by atoms with van der Waals surface area (Å²) in [6, 6.07) is 15.5. The fourth-order valence-electron chi connectivity index (χ4n) is 3.65. The Morgan fingerprint density at radius 1 is 0.969 bits per heavy atom. The molecule has 32 heavy (non-hydrogen) atoms. The number of methoxy groups -OCH3 is 1. The number of esters is 1. The van der Waals surface area contributed by atoms with Crippen molar-refractivity contribution < 1.29 is 14.3 Å². The average molecular weight is 445 g/mol. The van der Waals surface area contributed by atoms with Gasteiger partial charge in [0.25, 0.3) is 5.91 Å². The van der Waals surface area contributed by atoms with Crippen molar-refractivity contribution in [1.82, 2.24) is 4.98 Å². The van der Waals surface area contributed by atoms with Crippen LogP contribution in [-0.4, -0.2) is 24.0 Å². The molecule has 0 aliphatic heterocycles. The van der Waals surface area contributed by atoms with Gasteiger partial charge in [-0.1, -0.05) is 30.3 Å². The van der Waals surface area contributed by atoms with E-state index in [2.05, 4.69) is 31.3 Å². The number of aryl methyl sites for hydroxylation is 3. The molecule has 162 valence electrons. The van der Waals surface area contributed by atoms with Crippen molar-refractivity contribution in [1.29, 1.82) is 0 Å². The molecule has 0 spiro atoms. The number of rotatable bonds is 4. The highest BCUT2D eigenvalue weighted by Crippen LogP contribution is 2.34. The summed E-state index contributed by atoms with van der Waals surface area (Å²) >= 11 is 1.37. The predicted molar refractivity (Wildman–Crippen MR) is 130 cm³/mol. The largest absolute Gasteiger partial charge is 0.465 e. The Kier molecular flexibility index (Phi) is 5.80. The molecule has 0 radical (unpaired) electrons. The van der Waals surface area contributed by atoms with Gasteiger partial charge in [0.15, 0.2) is 0 Å². The van der Waals surface area contributed by atoms with Gasteiger partial charge in [-0.15, -0.1) is 11.3 Å². The number of benzene rings is 2. The number of thiophene rings is 1. The van der Waals surface area contributed by atoms with E-state index in [1.54, 1.807) is 0 Å². The smallest absolute Gasteiger partial charge is 0.341 e. The van der Waals surface area contributed by atoms with Crippen molar-refractivity contribution in [3.05, 3.63) is 81.2 Å². The van der Waals surface area contributed by atoms with Gasteiger partial charge < -0.3 is 10.1 Å². The molecule has 4 rings (SSSR count). The first-order chi connectivity index (χ1) is 15.3. The van der Waals surface area contributed by atoms with Gasteiger partial charge in [0.1, 0.15) is 5.00 Å². The summed E-state index contributed by atoms with van der Waals surface area (Å²) in [7, 11) is 1.34. The van der Waals surface area contributed by atoms with E-state index >= 15 is 0 Å². The molecule has 5 nitrogen and oxygen atoms in total. The van der Waals surface area contributed by atoms with Gasteiger partial charge in [0.2, 0.25) is 0 Å². The van der Waals surface area contributed by atoms with Crippen LogP contribution in [0.25, 0.3) is 22.2 Å². The van der Waals surface area contributed by atoms with Crippen LogP contribution in [0.1, 0.15) is 42.3 Å². The first-order valence-electron chi connectivity index (χ1n) is 10.3. The lowest BCUT2D eigenvalue weighted by Gasteiger charge is -2.12. The third-order valence-corrected chi connectivity index (χ3v) is 6.89. The minimum absolute atomic E-state index is 0.292. The van der Waals surface area contributed by atoms with E-state index in [0.29, 0.717) is 16.1 Å². The van der Waals surface area contributed by atoms with Crippen molar-refractivity contribution in [2.75, 3.05) is 12.4 Å². The zero-order chi connectivity index (χ0) is 23.0. The zero-order valence-corrected chi connectivity index (χ0v) is 19.5. The molecule has 0 unspecified atom stereocenters. The van der Waals surface area contributed by atoms with Gasteiger partial charge in [-0.25, -0.2) is 9.78 Å². The summed E-state index contributed by atoms with van der Waals surface area (Å²) in [4.78, 5) is 31.5. The molecule has 0 atom stereocenters. The monoisotopic (exact) mass is 444 g/mol. The number of hydrogen-bond donors (Lipinski definition) is 1. The normalized spacial score (nSPS) is 10.9. The van der Waals surface area contributed by atoms with Crippen LogP contribution in [0.2, 0.25) is 0 Å². The van der Waals surface area contributed by atoms with Crippen molar-refractivity contribution >= 4 is 39.1 Å². The summed E-state index contributed by atoms with van der Waals surface area (Å²) in [6.45, 7) is 7.90. The molecular formula is C26H24N2O3S. The summed E-state index contributed by atoms with van der Waals surface area (Å²) < 4.78 is 4.93. The number of nitrogens with zero attached hydrogens (tertiary/aromatic N) is 1. The molecule has 1 N–H and O–H groups in total. The van der Waals surface area contributed by atoms with Crippen LogP contribution >= 0.6 is 11.3 Å². The minimum Gasteiger partial charge on any atom is -0.465 e. The van der Waals surface area contributed by atoms with E-state index < -0.39 is 5.97 Å². The number of anilines is 1. The molecule has 0 fully saturated rings. The number of carbonyl (C=O) groups is 2. The van der Waals surface area contributed by atoms with E-state index in [9.17, 15) is 9.59 Å². The van der Waals surface area contributed by atoms with E-state index in [-0.39, 0.29) is 5.91 Å². The Morgan fingerprint density at radius 3 is 2.44 bits per heavy atom. The second-order valence-electron chi connectivity index (χ2n) is 7.80. The molecule has 4 aromatic rings. The molecular weight excluding hydrogens is 420 g/mol. The van der Waals surface area contributed by atoms with E-state index in [1.165, 1.54) is 24.0 Å². The Bertz CT molecular complexity index is 1370. The lowest BCUT2D eigenvalue weighted by molar-refractivity contribution is 0.0601. The summed E-state index contributed by atoms with van der Waals surface area (Å²) in [5, 5.41) is 4.19. The van der Waals surface area contributed by atoms with Crippen molar-refractivity contribution in [2.24, 2.45) is 0 Å². The van der Waals surface area contributed by atoms with Gasteiger partial charge in [-0.05, 0) is 62.6 Å². The highest BCUT2D eigenvalue weighted by molar-refractivity contribution is 7.16. The molecule has 0 saturated carbocycles. The molecule has 2 heterocycles. The van der Waals surface area contributed by atoms with Gasteiger partial charge in [-0.2, -0.15) is 0 Å². The maximum Gasteiger partial charge on any atom is 0.341 e. The maximum absolute atomic E-state index is 13.4. The number of amides is 1. The summed E-state index contributed by atoms with van der Waals surface area (Å²) in [6.07, 6.45) is 0. The fourth-order valence-corrected chi connectivity index (χ4v) is 4.69. The average Bonchev–Trinajstić information content (AvgIpc) is 3.07. The number of nitrogens with one attached hydrogen (secondary N) is 1. The standard InChI is InChI=1S/C26H24N2O3S/c1-14-10-11-18(12-15(14)2)22-13-20(19-8-6-7-9-21(19)27-22)24(29)28-25-23(26(30)31-5)16(3)17(4)32-25/h6-13H,1-5H3,(H,28,29). The van der Waals surface area contributed by atoms with Crippen LogP contribution in [-0.2, 0) is 4.74 Å². The maximum atomic E-state index is 13.4. The van der Waals surface area contributed by atoms with Crippen molar-refractivity contribution in [2.45, 2.75) is 27.7 Å². The van der Waals surface area contributed by atoms with Gasteiger partial charge in [0, 0.05) is 15.8 Å². The molecule has 2 aromatic carbocycles. The third-order valence-electron chi connectivity index (χ3n) is 5.77. The van der Waals surface area contributed by atoms with E-state index in [4.69, 9.17) is 9.72 Å². The fraction of sp³-hybridized carbons (Fsp3) is 0.192. The number of aromatic nitrogens is 1. The minimum atomic E-state index is -0.461. The Morgan fingerprint density at radius 2 is 1.72 bits per heavy atom. The second kappa shape index (κ2) is 8.55. The van der Waals surface area contributed by atoms with Crippen LogP contribution in [0.3, 0.4) is 0 Å². The second-order valence-corrected chi connectivity index (χ2v) is 9.03. The Hall–Kier alpha value is -3.51. The molecule has 0 aliphatic rings. The molecule has 0 saturated heterocycles. The van der Waals surface area contributed by atoms with Crippen LogP contribution in [0.4, 0.5) is 5.00 Å². The highest BCUT2D eigenvalue weighted by atomic mass is 32.1. The van der Waals surface area contributed by atoms with Crippen molar-refractivity contribution in [3.63, 3.8) is 0 Å². The third kappa shape index (κ3) is 3.89. The topological polar surface area (TPSA) is 68.3 Å². The lowest BCUT2D eigenvalue weighted by Crippen LogP contribution is -2.15. The molecule has 1 amide bonds. The van der Waals surface area contributed by atoms with Crippen LogP contribution in [0, 0.1) is 27.7 Å². The molecule has 6 heteroatoms. The SMILES string of the molecule is COC(=O)c1c(NC(=O)c2cc(-c3ccc(C)c(C)c3)nc3ccccc23)sc(C)c1C. The first-order valence-corrected chi connectivity index (χ1v) is 11.1. The number of ether oxygens (including phenoxy) is 1. The number of para-hydroxylation sites is 1. The molecule has 2 aromatic heterocycles. The van der Waals surface area contributed by atoms with E-state index in [1.807, 2.05) is 50.2 Å². The first kappa shape index (κ1) is 21.7. The summed E-state index contributed by atoms with van der Waals surface area (Å²) in [5.41, 5.74) is 6.49. The van der Waals surface area contributed by atoms with E-state index in [0.717, 1.165) is 38.2 Å². The molecule has 0 bridgehead atoms. The number of carbonyl (C=O) groups excluding carboxylic acids is 2. The van der Waals surface area contributed by atoms with Crippen LogP contribution < -0.4 is 5.32 Å². The predicted octanol–water partition coefficient (Wildman–Crippen LogP) is 6.24. The Labute approximate surface area is 191 Å². The zero-order valence-electron chi connectivity index (χ0n) is 18.7. The van der Waals surface area contributed by atoms with Crippen LogP contribution in [0.15, 0.2) is 48.5 Å². The van der Waals surface area contributed by atoms with Crippen molar-refractivity contribution in [3.8, 4) is 11.3 Å². The molecule has 0 aliphatic carbocycles. The lowest BCUT2D eigenvalue weighted by atomic mass is 10.0. The summed E-state index contributed by atoms with van der Waals surface area (Å²) in [5.74, 6) is -0.752. The number of pyridine rings is 1. The van der Waals surface area contributed by atoms with Gasteiger partial charge in [-0.3, -0.25) is 4.79 Å². The number of fused-ring (bicyclic) bond motifs is 1. The van der Waals surface area contributed by atoms with Gasteiger partial charge >= 0.3 is 5.97 Å².